The van der Waals surface area contributed by atoms with Crippen LogP contribution in [-0.2, 0) is 57.8 Å². The van der Waals surface area contributed by atoms with E-state index in [0.717, 1.165) is 38.5 Å². The van der Waals surface area contributed by atoms with Gasteiger partial charge in [-0.2, -0.15) is 8.42 Å². The number of carbonyl (C=O) groups excluding carboxylic acids is 5. The van der Waals surface area contributed by atoms with Crippen LogP contribution >= 0.6 is 0 Å². The van der Waals surface area contributed by atoms with Gasteiger partial charge in [-0.25, -0.2) is 0 Å². The topological polar surface area (TPSA) is 230 Å². The number of rotatable bonds is 34. The lowest BCUT2D eigenvalue weighted by molar-refractivity contribution is -0.168. The van der Waals surface area contributed by atoms with Crippen molar-refractivity contribution in [3.8, 4) is 0 Å². The van der Waals surface area contributed by atoms with Crippen LogP contribution in [0.2, 0.25) is 0 Å². The predicted molar refractivity (Wildman–Crippen MR) is 223 cm³/mol. The third kappa shape index (κ3) is 23.1. The first-order valence-corrected chi connectivity index (χ1v) is 23.0. The van der Waals surface area contributed by atoms with E-state index in [-0.39, 0.29) is 77.1 Å². The van der Waals surface area contributed by atoms with Gasteiger partial charge in [0, 0.05) is 25.0 Å². The molecule has 0 radical (unpaired) electrons. The molecule has 6 atom stereocenters. The van der Waals surface area contributed by atoms with E-state index in [1.807, 2.05) is 13.8 Å². The Morgan fingerprint density at radius 2 is 1.32 bits per heavy atom. The fourth-order valence-corrected chi connectivity index (χ4v) is 8.19. The van der Waals surface area contributed by atoms with Crippen molar-refractivity contribution in [2.75, 3.05) is 58.7 Å². The second-order valence-electron chi connectivity index (χ2n) is 16.9. The summed E-state index contributed by atoms with van der Waals surface area (Å²) in [5, 5.41) is 14.9. The molecule has 16 nitrogen and oxygen atoms in total. The molecule has 0 aliphatic rings. The van der Waals surface area contributed by atoms with Crippen LogP contribution in [0.5, 0.6) is 0 Å². The average molecular weight is 867 g/mol. The third-order valence-electron chi connectivity index (χ3n) is 10.4. The molecule has 346 valence electrons. The summed E-state index contributed by atoms with van der Waals surface area (Å²) in [5.74, 6) is -6.45. The van der Waals surface area contributed by atoms with Gasteiger partial charge in [-0.15, -0.1) is 0 Å². The molecule has 0 aliphatic carbocycles. The minimum absolute atomic E-state index is 0.00869. The molecule has 0 heterocycles. The highest BCUT2D eigenvalue weighted by atomic mass is 32.2. The Bertz CT molecular complexity index is 1380. The van der Waals surface area contributed by atoms with Gasteiger partial charge in [0.05, 0.1) is 47.9 Å². The van der Waals surface area contributed by atoms with E-state index in [4.69, 9.17) is 23.7 Å². The van der Waals surface area contributed by atoms with Crippen LogP contribution in [0.3, 0.4) is 0 Å². The van der Waals surface area contributed by atoms with Gasteiger partial charge < -0.3 is 39.4 Å². The molecule has 0 saturated carbocycles. The molecular weight excluding hydrogens is 789 g/mol. The van der Waals surface area contributed by atoms with Crippen molar-refractivity contribution < 1.29 is 65.7 Å². The van der Waals surface area contributed by atoms with Crippen molar-refractivity contribution in [3.63, 3.8) is 0 Å². The third-order valence-corrected chi connectivity index (χ3v) is 11.5. The van der Waals surface area contributed by atoms with Gasteiger partial charge >= 0.3 is 17.9 Å². The Labute approximate surface area is 354 Å². The van der Waals surface area contributed by atoms with Crippen molar-refractivity contribution in [2.45, 2.75) is 145 Å². The molecule has 4 N–H and O–H groups in total. The van der Waals surface area contributed by atoms with Gasteiger partial charge in [-0.1, -0.05) is 60.3 Å². The summed E-state index contributed by atoms with van der Waals surface area (Å²) in [6, 6.07) is 0. The largest absolute Gasteiger partial charge is 0.465 e. The Balaban J connectivity index is 7.13. The minimum atomic E-state index is -4.46. The van der Waals surface area contributed by atoms with Gasteiger partial charge in [-0.3, -0.25) is 28.5 Å². The Hall–Kier alpha value is -2.86. The normalized spacial score (nSPS) is 16.1. The highest BCUT2D eigenvalue weighted by Gasteiger charge is 2.50. The van der Waals surface area contributed by atoms with Crippen molar-refractivity contribution >= 4 is 39.8 Å². The second kappa shape index (κ2) is 28.6. The SMILES string of the molecule is CCCCOCNC(=O)C(C)CC(CC(C)(CC(C)(CC(CC)C(=O)NC(C)(C)CS(=O)(=O)O)C(=O)OCCO)C(=O)OCCOCC)C(=O)OCC(CC)CCCC. The van der Waals surface area contributed by atoms with E-state index >= 15 is 0 Å². The molecule has 2 amide bonds. The Kier molecular flexibility index (Phi) is 27.2. The summed E-state index contributed by atoms with van der Waals surface area (Å²) in [6.45, 7) is 17.3. The van der Waals surface area contributed by atoms with E-state index in [1.165, 1.54) is 20.8 Å². The molecule has 6 unspecified atom stereocenters. The first-order chi connectivity index (χ1) is 27.6. The first kappa shape index (κ1) is 56.1. The molecule has 0 aromatic rings. The molecule has 0 saturated heterocycles. The fourth-order valence-electron chi connectivity index (χ4n) is 7.21. The van der Waals surface area contributed by atoms with Crippen LogP contribution in [0.15, 0.2) is 0 Å². The van der Waals surface area contributed by atoms with Crippen molar-refractivity contribution in [3.05, 3.63) is 0 Å². The number of carbonyl (C=O) groups is 5. The molecule has 0 spiro atoms. The number of aliphatic hydroxyl groups excluding tert-OH is 1. The van der Waals surface area contributed by atoms with Crippen LogP contribution in [0.1, 0.15) is 140 Å². The fraction of sp³-hybridized carbons (Fsp3) is 0.881. The molecule has 0 aromatic heterocycles. The first-order valence-electron chi connectivity index (χ1n) is 21.4. The monoisotopic (exact) mass is 867 g/mol. The molecule has 0 fully saturated rings. The van der Waals surface area contributed by atoms with Gasteiger partial charge in [0.25, 0.3) is 10.1 Å². The number of esters is 3. The minimum Gasteiger partial charge on any atom is -0.465 e. The quantitative estimate of drug-likeness (QED) is 0.0209. The summed E-state index contributed by atoms with van der Waals surface area (Å²) in [5.41, 5.74) is -4.61. The Morgan fingerprint density at radius 1 is 0.729 bits per heavy atom. The molecule has 0 aromatic carbocycles. The number of aliphatic hydroxyl groups is 1. The smallest absolute Gasteiger partial charge is 0.311 e. The maximum atomic E-state index is 14.3. The molecule has 0 aliphatic heterocycles. The van der Waals surface area contributed by atoms with Gasteiger partial charge in [0.1, 0.15) is 19.9 Å². The maximum Gasteiger partial charge on any atom is 0.311 e. The van der Waals surface area contributed by atoms with E-state index in [0.29, 0.717) is 13.2 Å². The summed E-state index contributed by atoms with van der Waals surface area (Å²) >= 11 is 0. The molecule has 0 bridgehead atoms. The van der Waals surface area contributed by atoms with Crippen LogP contribution < -0.4 is 10.6 Å². The van der Waals surface area contributed by atoms with E-state index in [9.17, 15) is 42.0 Å². The summed E-state index contributed by atoms with van der Waals surface area (Å²) < 4.78 is 60.8. The summed E-state index contributed by atoms with van der Waals surface area (Å²) in [7, 11) is -4.46. The van der Waals surface area contributed by atoms with Crippen LogP contribution in [0.4, 0.5) is 0 Å². The maximum absolute atomic E-state index is 14.3. The lowest BCUT2D eigenvalue weighted by Gasteiger charge is -2.40. The van der Waals surface area contributed by atoms with Crippen molar-refractivity contribution in [1.29, 1.82) is 0 Å². The zero-order chi connectivity index (χ0) is 45.3. The number of ether oxygens (including phenoxy) is 5. The lowest BCUT2D eigenvalue weighted by atomic mass is 9.65. The van der Waals surface area contributed by atoms with Crippen molar-refractivity contribution in [1.82, 2.24) is 10.6 Å². The predicted octanol–water partition coefficient (Wildman–Crippen LogP) is 5.39. The van der Waals surface area contributed by atoms with Gasteiger partial charge in [-0.05, 0) is 85.5 Å². The van der Waals surface area contributed by atoms with Crippen LogP contribution in [-0.4, -0.2) is 112 Å². The van der Waals surface area contributed by atoms with Crippen molar-refractivity contribution in [2.24, 2.45) is 34.5 Å². The molecule has 0 rings (SSSR count). The molecular formula is C42H78N2O14S. The molecule has 17 heteroatoms. The zero-order valence-electron chi connectivity index (χ0n) is 37.7. The number of amides is 2. The average Bonchev–Trinajstić information content (AvgIpc) is 3.15. The zero-order valence-corrected chi connectivity index (χ0v) is 38.5. The van der Waals surface area contributed by atoms with Crippen LogP contribution in [0, 0.1) is 34.5 Å². The van der Waals surface area contributed by atoms with Gasteiger partial charge in [0.2, 0.25) is 11.8 Å². The standard InChI is InChI=1S/C42H78N2O14S/c1-11-16-18-32(13-3)27-58-37(48)34(24-31(6)35(46)43-30-55-20-17-12-2)26-42(10,39(50)57-23-22-54-15-5)28-41(9,38(49)56-21-19-45)25-33(14-4)36(47)44-40(7,8)29-59(51,52)53/h31-34,45H,11-30H2,1-10H3,(H,43,46)(H,44,47)(H,51,52,53). The van der Waals surface area contributed by atoms with E-state index in [1.54, 1.807) is 27.7 Å². The highest BCUT2D eigenvalue weighted by molar-refractivity contribution is 7.85. The highest BCUT2D eigenvalue weighted by Crippen LogP contribution is 2.46. The summed E-state index contributed by atoms with van der Waals surface area (Å²) in [4.78, 5) is 69.4. The van der Waals surface area contributed by atoms with Gasteiger partial charge in [0.15, 0.2) is 0 Å². The van der Waals surface area contributed by atoms with Crippen LogP contribution in [0.25, 0.3) is 0 Å². The van der Waals surface area contributed by atoms with E-state index in [2.05, 4.69) is 17.6 Å². The number of unbranched alkanes of at least 4 members (excludes halogenated alkanes) is 2. The number of nitrogens with one attached hydrogen (secondary N) is 2. The molecule has 59 heavy (non-hydrogen) atoms. The van der Waals surface area contributed by atoms with E-state index < -0.39 is 80.4 Å². The lowest BCUT2D eigenvalue weighted by Crippen LogP contribution is -2.51. The number of hydrogen-bond acceptors (Lipinski definition) is 13. The number of hydrogen-bond donors (Lipinski definition) is 4. The Morgan fingerprint density at radius 3 is 1.85 bits per heavy atom. The summed E-state index contributed by atoms with van der Waals surface area (Å²) in [6.07, 6.45) is 4.83. The second-order valence-corrected chi connectivity index (χ2v) is 18.4.